The van der Waals surface area contributed by atoms with Gasteiger partial charge < -0.3 is 25.4 Å². The molecule has 8 heteroatoms. The molecule has 0 heterocycles. The number of hydrogen-bond donors (Lipinski definition) is 3. The molecular formula is C22H35IN4O3. The average molecular weight is 530 g/mol. The number of halogens is 1. The molecule has 168 valence electrons. The zero-order chi connectivity index (χ0) is 20.9. The number of carbonyl (C=O) groups excluding carboxylic acids is 1. The Balaban J connectivity index is 0.00000450. The predicted octanol–water partition coefficient (Wildman–Crippen LogP) is 3.38. The van der Waals surface area contributed by atoms with E-state index in [2.05, 4.69) is 27.0 Å². The van der Waals surface area contributed by atoms with Crippen LogP contribution in [0, 0.1) is 0 Å². The zero-order valence-electron chi connectivity index (χ0n) is 18.3. The molecule has 1 aliphatic carbocycles. The van der Waals surface area contributed by atoms with Crippen LogP contribution in [0.4, 0.5) is 0 Å². The summed E-state index contributed by atoms with van der Waals surface area (Å²) in [7, 11) is 3.36. The number of nitrogens with zero attached hydrogens (tertiary/aromatic N) is 1. The van der Waals surface area contributed by atoms with Crippen LogP contribution >= 0.6 is 24.0 Å². The summed E-state index contributed by atoms with van der Waals surface area (Å²) in [5.74, 6) is 1.77. The maximum Gasteiger partial charge on any atom is 0.257 e. The van der Waals surface area contributed by atoms with Crippen molar-refractivity contribution in [2.45, 2.75) is 45.6 Å². The number of methoxy groups -OCH3 is 1. The van der Waals surface area contributed by atoms with Crippen LogP contribution in [0.3, 0.4) is 0 Å². The highest BCUT2D eigenvalue weighted by Crippen LogP contribution is 2.28. The van der Waals surface area contributed by atoms with E-state index in [1.54, 1.807) is 19.7 Å². The highest BCUT2D eigenvalue weighted by molar-refractivity contribution is 14.0. The summed E-state index contributed by atoms with van der Waals surface area (Å²) in [4.78, 5) is 15.9. The molecule has 3 N–H and O–H groups in total. The van der Waals surface area contributed by atoms with E-state index in [-0.39, 0.29) is 36.5 Å². The highest BCUT2D eigenvalue weighted by Gasteiger charge is 2.09. The van der Waals surface area contributed by atoms with Gasteiger partial charge >= 0.3 is 0 Å². The van der Waals surface area contributed by atoms with Crippen molar-refractivity contribution in [3.05, 3.63) is 35.4 Å². The van der Waals surface area contributed by atoms with Gasteiger partial charge in [-0.05, 0) is 56.7 Å². The fraction of sp³-hybridized carbons (Fsp3) is 0.545. The largest absolute Gasteiger partial charge is 0.493 e. The molecule has 0 saturated carbocycles. The quantitative estimate of drug-likeness (QED) is 0.187. The second-order valence-electron chi connectivity index (χ2n) is 6.94. The lowest BCUT2D eigenvalue weighted by molar-refractivity contribution is -0.123. The van der Waals surface area contributed by atoms with Gasteiger partial charge in [-0.3, -0.25) is 9.79 Å². The minimum atomic E-state index is -0.154. The smallest absolute Gasteiger partial charge is 0.257 e. The molecule has 0 aromatic heterocycles. The Morgan fingerprint density at radius 3 is 2.67 bits per heavy atom. The minimum absolute atomic E-state index is 0. The molecule has 2 rings (SSSR count). The van der Waals surface area contributed by atoms with E-state index < -0.39 is 0 Å². The van der Waals surface area contributed by atoms with E-state index in [1.807, 2.05) is 25.1 Å². The van der Waals surface area contributed by atoms with Gasteiger partial charge in [0.25, 0.3) is 5.91 Å². The number of allylic oxidation sites excluding steroid dienone is 1. The van der Waals surface area contributed by atoms with Gasteiger partial charge in [-0.25, -0.2) is 0 Å². The number of amides is 1. The summed E-state index contributed by atoms with van der Waals surface area (Å²) in [6.07, 6.45) is 8.51. The highest BCUT2D eigenvalue weighted by atomic mass is 127. The van der Waals surface area contributed by atoms with Crippen LogP contribution < -0.4 is 25.4 Å². The van der Waals surface area contributed by atoms with Crippen LogP contribution in [0.2, 0.25) is 0 Å². The van der Waals surface area contributed by atoms with Gasteiger partial charge in [0.05, 0.1) is 7.11 Å². The molecule has 0 aliphatic heterocycles. The Morgan fingerprint density at radius 2 is 2.00 bits per heavy atom. The second kappa shape index (κ2) is 14.9. The SMILES string of the molecule is CCNC(=O)COc1ccc(CNC(=NC)NCCC2=CCCCC2)cc1OC.I. The first-order chi connectivity index (χ1) is 14.2. The lowest BCUT2D eigenvalue weighted by Gasteiger charge is -2.16. The molecule has 1 amide bonds. The van der Waals surface area contributed by atoms with E-state index in [4.69, 9.17) is 9.47 Å². The summed E-state index contributed by atoms with van der Waals surface area (Å²) >= 11 is 0. The second-order valence-corrected chi connectivity index (χ2v) is 6.94. The number of nitrogens with one attached hydrogen (secondary N) is 3. The maximum atomic E-state index is 11.6. The number of benzene rings is 1. The van der Waals surface area contributed by atoms with Gasteiger partial charge in [0.15, 0.2) is 24.1 Å². The number of hydrogen-bond acceptors (Lipinski definition) is 4. The van der Waals surface area contributed by atoms with Gasteiger partial charge in [0.2, 0.25) is 0 Å². The summed E-state index contributed by atoms with van der Waals surface area (Å²) < 4.78 is 11.0. The van der Waals surface area contributed by atoms with Crippen molar-refractivity contribution < 1.29 is 14.3 Å². The summed E-state index contributed by atoms with van der Waals surface area (Å²) in [5.41, 5.74) is 2.58. The minimum Gasteiger partial charge on any atom is -0.493 e. The lowest BCUT2D eigenvalue weighted by atomic mass is 9.97. The molecule has 0 spiro atoms. The van der Waals surface area contributed by atoms with Gasteiger partial charge in [0.1, 0.15) is 0 Å². The van der Waals surface area contributed by atoms with Gasteiger partial charge in [0, 0.05) is 26.7 Å². The van der Waals surface area contributed by atoms with Crippen LogP contribution in [-0.4, -0.2) is 45.7 Å². The van der Waals surface area contributed by atoms with Crippen LogP contribution in [0.25, 0.3) is 0 Å². The molecule has 30 heavy (non-hydrogen) atoms. The van der Waals surface area contributed by atoms with Crippen molar-refractivity contribution in [1.82, 2.24) is 16.0 Å². The maximum absolute atomic E-state index is 11.6. The third-order valence-corrected chi connectivity index (χ3v) is 4.77. The van der Waals surface area contributed by atoms with Crippen molar-refractivity contribution in [3.8, 4) is 11.5 Å². The lowest BCUT2D eigenvalue weighted by Crippen LogP contribution is -2.37. The molecule has 1 aromatic carbocycles. The molecular weight excluding hydrogens is 495 g/mol. The molecule has 0 bridgehead atoms. The first-order valence-electron chi connectivity index (χ1n) is 10.3. The molecule has 7 nitrogen and oxygen atoms in total. The van der Waals surface area contributed by atoms with E-state index in [0.29, 0.717) is 24.6 Å². The number of aliphatic imine (C=N–C) groups is 1. The van der Waals surface area contributed by atoms with E-state index in [0.717, 1.165) is 24.5 Å². The first-order valence-corrected chi connectivity index (χ1v) is 10.3. The van der Waals surface area contributed by atoms with Gasteiger partial charge in [-0.15, -0.1) is 24.0 Å². The van der Waals surface area contributed by atoms with Gasteiger partial charge in [-0.1, -0.05) is 17.7 Å². The van der Waals surface area contributed by atoms with Gasteiger partial charge in [-0.2, -0.15) is 0 Å². The van der Waals surface area contributed by atoms with Crippen molar-refractivity contribution in [2.24, 2.45) is 4.99 Å². The van der Waals surface area contributed by atoms with Crippen LogP contribution in [0.5, 0.6) is 11.5 Å². The fourth-order valence-electron chi connectivity index (χ4n) is 3.21. The Kier molecular flexibility index (Phi) is 13.0. The normalized spacial score (nSPS) is 13.6. The predicted molar refractivity (Wildman–Crippen MR) is 132 cm³/mol. The number of ether oxygens (including phenoxy) is 2. The third kappa shape index (κ3) is 9.23. The molecule has 0 atom stereocenters. The molecule has 0 radical (unpaired) electrons. The van der Waals surface area contributed by atoms with E-state index >= 15 is 0 Å². The monoisotopic (exact) mass is 530 g/mol. The summed E-state index contributed by atoms with van der Waals surface area (Å²) in [6, 6.07) is 5.67. The van der Waals surface area contributed by atoms with Crippen LogP contribution in [0.15, 0.2) is 34.8 Å². The molecule has 1 aliphatic rings. The van der Waals surface area contributed by atoms with Crippen molar-refractivity contribution >= 4 is 35.8 Å². The topological polar surface area (TPSA) is 84.0 Å². The standard InChI is InChI=1S/C22H34N4O3.HI/c1-4-24-21(27)16-29-19-11-10-18(14-20(19)28-3)15-26-22(23-2)25-13-12-17-8-6-5-7-9-17;/h8,10-11,14H,4-7,9,12-13,15-16H2,1-3H3,(H,24,27)(H2,23,25,26);1H. The van der Waals surface area contributed by atoms with Crippen molar-refractivity contribution in [3.63, 3.8) is 0 Å². The van der Waals surface area contributed by atoms with E-state index in [1.165, 1.54) is 25.7 Å². The average Bonchev–Trinajstić information content (AvgIpc) is 2.75. The first kappa shape index (κ1) is 26.1. The Hall–Kier alpha value is -1.97. The van der Waals surface area contributed by atoms with Crippen LogP contribution in [-0.2, 0) is 11.3 Å². The number of guanidine groups is 1. The molecule has 1 aromatic rings. The van der Waals surface area contributed by atoms with Crippen molar-refractivity contribution in [1.29, 1.82) is 0 Å². The number of carbonyl (C=O) groups is 1. The molecule has 0 saturated heterocycles. The number of likely N-dealkylation sites (N-methyl/N-ethyl adjacent to an activating group) is 1. The number of rotatable bonds is 10. The zero-order valence-corrected chi connectivity index (χ0v) is 20.6. The van der Waals surface area contributed by atoms with Crippen molar-refractivity contribution in [2.75, 3.05) is 33.9 Å². The molecule has 0 unspecified atom stereocenters. The molecule has 0 fully saturated rings. The van der Waals surface area contributed by atoms with Crippen LogP contribution in [0.1, 0.15) is 44.6 Å². The fourth-order valence-corrected chi connectivity index (χ4v) is 3.21. The van der Waals surface area contributed by atoms with E-state index in [9.17, 15) is 4.79 Å². The third-order valence-electron chi connectivity index (χ3n) is 4.77. The Labute approximate surface area is 197 Å². The Morgan fingerprint density at radius 1 is 1.17 bits per heavy atom. The Bertz CT molecular complexity index is 722. The summed E-state index contributed by atoms with van der Waals surface area (Å²) in [6.45, 7) is 3.90. The summed E-state index contributed by atoms with van der Waals surface area (Å²) in [5, 5.41) is 9.39.